The number of thiazole rings is 1. The van der Waals surface area contributed by atoms with Gasteiger partial charge < -0.3 is 5.32 Å². The van der Waals surface area contributed by atoms with Crippen LogP contribution in [-0.2, 0) is 19.5 Å². The van der Waals surface area contributed by atoms with E-state index in [1.165, 1.54) is 23.2 Å². The Hall–Kier alpha value is -3.32. The van der Waals surface area contributed by atoms with Crippen LogP contribution < -0.4 is 5.32 Å². The Kier molecular flexibility index (Phi) is 5.76. The molecule has 0 atom stereocenters. The van der Waals surface area contributed by atoms with Crippen molar-refractivity contribution in [3.8, 4) is 0 Å². The molecule has 1 N–H and O–H groups in total. The Bertz CT molecular complexity index is 1090. The van der Waals surface area contributed by atoms with Crippen molar-refractivity contribution in [2.75, 3.05) is 0 Å². The highest BCUT2D eigenvalue weighted by atomic mass is 32.1. The summed E-state index contributed by atoms with van der Waals surface area (Å²) in [5.41, 5.74) is 4.12. The summed E-state index contributed by atoms with van der Waals surface area (Å²) in [6.45, 7) is 3.01. The minimum absolute atomic E-state index is 0.0824. The molecule has 146 valence electrons. The van der Waals surface area contributed by atoms with Crippen molar-refractivity contribution >= 4 is 17.2 Å². The predicted octanol–water partition coefficient (Wildman–Crippen LogP) is 3.61. The summed E-state index contributed by atoms with van der Waals surface area (Å²) in [5.74, 6) is -0.0824. The zero-order valence-corrected chi connectivity index (χ0v) is 16.9. The van der Waals surface area contributed by atoms with E-state index in [0.29, 0.717) is 18.0 Å². The van der Waals surface area contributed by atoms with Gasteiger partial charge in [-0.1, -0.05) is 54.6 Å². The minimum Gasteiger partial charge on any atom is -0.347 e. The van der Waals surface area contributed by atoms with Gasteiger partial charge in [0.25, 0.3) is 5.91 Å². The molecule has 0 saturated carbocycles. The molecule has 0 radical (unpaired) electrons. The highest BCUT2D eigenvalue weighted by molar-refractivity contribution is 7.13. The first-order valence-electron chi connectivity index (χ1n) is 9.36. The lowest BCUT2D eigenvalue weighted by atomic mass is 10.1. The van der Waals surface area contributed by atoms with E-state index in [2.05, 4.69) is 38.6 Å². The van der Waals surface area contributed by atoms with E-state index in [-0.39, 0.29) is 5.91 Å². The van der Waals surface area contributed by atoms with E-state index in [1.807, 2.05) is 43.3 Å². The van der Waals surface area contributed by atoms with Crippen molar-refractivity contribution < 1.29 is 4.79 Å². The summed E-state index contributed by atoms with van der Waals surface area (Å²) in [6, 6.07) is 18.3. The van der Waals surface area contributed by atoms with Gasteiger partial charge in [0, 0.05) is 13.0 Å². The quantitative estimate of drug-likeness (QED) is 0.512. The van der Waals surface area contributed by atoms with Gasteiger partial charge in [-0.2, -0.15) is 5.10 Å². The lowest BCUT2D eigenvalue weighted by Crippen LogP contribution is -2.22. The number of carbonyl (C=O) groups excluding carboxylic acids is 1. The Balaban J connectivity index is 1.38. The first kappa shape index (κ1) is 19.0. The first-order chi connectivity index (χ1) is 14.2. The zero-order valence-electron chi connectivity index (χ0n) is 16.1. The summed E-state index contributed by atoms with van der Waals surface area (Å²) in [4.78, 5) is 21.9. The van der Waals surface area contributed by atoms with Crippen LogP contribution in [0.5, 0.6) is 0 Å². The van der Waals surface area contributed by atoms with Crippen LogP contribution in [-0.4, -0.2) is 25.7 Å². The number of hydrogen-bond acceptors (Lipinski definition) is 5. The molecule has 0 aliphatic heterocycles. The second-order valence-electron chi connectivity index (χ2n) is 6.78. The molecule has 29 heavy (non-hydrogen) atoms. The molecule has 2 aromatic heterocycles. The third-order valence-corrected chi connectivity index (χ3v) is 5.66. The van der Waals surface area contributed by atoms with Gasteiger partial charge in [0.2, 0.25) is 0 Å². The Morgan fingerprint density at radius 1 is 1.07 bits per heavy atom. The molecule has 6 nitrogen and oxygen atoms in total. The van der Waals surface area contributed by atoms with E-state index in [9.17, 15) is 4.79 Å². The van der Waals surface area contributed by atoms with Gasteiger partial charge in [0.1, 0.15) is 17.5 Å². The van der Waals surface area contributed by atoms with Crippen molar-refractivity contribution in [1.82, 2.24) is 25.1 Å². The van der Waals surface area contributed by atoms with Crippen LogP contribution in [0.2, 0.25) is 0 Å². The molecular formula is C22H21N5OS. The number of carbonyl (C=O) groups is 1. The fourth-order valence-electron chi connectivity index (χ4n) is 3.11. The Labute approximate surface area is 173 Å². The second-order valence-corrected chi connectivity index (χ2v) is 7.86. The maximum absolute atomic E-state index is 12.7. The lowest BCUT2D eigenvalue weighted by molar-refractivity contribution is 0.0954. The number of hydrogen-bond donors (Lipinski definition) is 1. The van der Waals surface area contributed by atoms with Crippen LogP contribution in [0, 0.1) is 6.92 Å². The largest absolute Gasteiger partial charge is 0.347 e. The van der Waals surface area contributed by atoms with Crippen LogP contribution >= 0.6 is 11.3 Å². The van der Waals surface area contributed by atoms with Gasteiger partial charge in [-0.25, -0.2) is 14.6 Å². The molecule has 4 rings (SSSR count). The molecule has 0 saturated heterocycles. The summed E-state index contributed by atoms with van der Waals surface area (Å²) in [7, 11) is 0. The smallest absolute Gasteiger partial charge is 0.263 e. The number of rotatable bonds is 7. The zero-order chi connectivity index (χ0) is 20.1. The molecule has 0 fully saturated rings. The van der Waals surface area contributed by atoms with E-state index in [4.69, 9.17) is 0 Å². The van der Waals surface area contributed by atoms with Crippen molar-refractivity contribution in [3.63, 3.8) is 0 Å². The van der Waals surface area contributed by atoms with Crippen LogP contribution in [0.1, 0.15) is 37.1 Å². The molecule has 4 aromatic rings. The monoisotopic (exact) mass is 403 g/mol. The second kappa shape index (κ2) is 8.79. The summed E-state index contributed by atoms with van der Waals surface area (Å²) < 4.78 is 1.77. The molecule has 0 bridgehead atoms. The molecule has 0 unspecified atom stereocenters. The van der Waals surface area contributed by atoms with E-state index >= 15 is 0 Å². The fourth-order valence-corrected chi connectivity index (χ4v) is 4.13. The number of benzene rings is 2. The van der Waals surface area contributed by atoms with Gasteiger partial charge in [0.05, 0.1) is 17.2 Å². The standard InChI is InChI=1S/C22H21N5OS/c1-16-21(29-20(26-16)11-17-6-3-2-4-7-17)22(28)24-12-18-8-5-9-19(10-18)13-27-15-23-14-25-27/h2-10,14-15H,11-13H2,1H3,(H,24,28). The summed E-state index contributed by atoms with van der Waals surface area (Å²) in [6.07, 6.45) is 3.95. The number of aromatic nitrogens is 4. The van der Waals surface area contributed by atoms with Gasteiger partial charge >= 0.3 is 0 Å². The SMILES string of the molecule is Cc1nc(Cc2ccccc2)sc1C(=O)NCc1cccc(Cn2cncn2)c1. The Morgan fingerprint density at radius 2 is 1.86 bits per heavy atom. The normalized spacial score (nSPS) is 10.8. The van der Waals surface area contributed by atoms with Crippen LogP contribution in [0.3, 0.4) is 0 Å². The van der Waals surface area contributed by atoms with Gasteiger partial charge in [-0.05, 0) is 23.6 Å². The van der Waals surface area contributed by atoms with Crippen molar-refractivity contribution in [2.24, 2.45) is 0 Å². The molecule has 2 heterocycles. The molecule has 2 aromatic carbocycles. The highest BCUT2D eigenvalue weighted by Crippen LogP contribution is 2.21. The number of amides is 1. The topological polar surface area (TPSA) is 72.7 Å². The average Bonchev–Trinajstić information content (AvgIpc) is 3.37. The molecule has 0 aliphatic rings. The maximum atomic E-state index is 12.7. The highest BCUT2D eigenvalue weighted by Gasteiger charge is 2.15. The van der Waals surface area contributed by atoms with E-state index in [1.54, 1.807) is 11.0 Å². The van der Waals surface area contributed by atoms with Gasteiger partial charge in [-0.15, -0.1) is 11.3 Å². The van der Waals surface area contributed by atoms with Crippen molar-refractivity contribution in [2.45, 2.75) is 26.4 Å². The maximum Gasteiger partial charge on any atom is 0.263 e. The molecule has 0 spiro atoms. The molecule has 1 amide bonds. The van der Waals surface area contributed by atoms with Crippen molar-refractivity contribution in [3.05, 3.63) is 99.5 Å². The van der Waals surface area contributed by atoms with E-state index < -0.39 is 0 Å². The van der Waals surface area contributed by atoms with Crippen LogP contribution in [0.4, 0.5) is 0 Å². The minimum atomic E-state index is -0.0824. The Morgan fingerprint density at radius 3 is 2.66 bits per heavy atom. The lowest BCUT2D eigenvalue weighted by Gasteiger charge is -2.07. The number of nitrogens with one attached hydrogen (secondary N) is 1. The van der Waals surface area contributed by atoms with Crippen LogP contribution in [0.15, 0.2) is 67.3 Å². The number of aryl methyl sites for hydroxylation is 1. The van der Waals surface area contributed by atoms with Gasteiger partial charge in [-0.3, -0.25) is 4.79 Å². The predicted molar refractivity (Wildman–Crippen MR) is 113 cm³/mol. The van der Waals surface area contributed by atoms with Crippen LogP contribution in [0.25, 0.3) is 0 Å². The average molecular weight is 404 g/mol. The van der Waals surface area contributed by atoms with Gasteiger partial charge in [0.15, 0.2) is 0 Å². The first-order valence-corrected chi connectivity index (χ1v) is 10.2. The number of nitrogens with zero attached hydrogens (tertiary/aromatic N) is 4. The fraction of sp³-hybridized carbons (Fsp3) is 0.182. The van der Waals surface area contributed by atoms with Crippen molar-refractivity contribution in [1.29, 1.82) is 0 Å². The van der Waals surface area contributed by atoms with E-state index in [0.717, 1.165) is 28.2 Å². The summed E-state index contributed by atoms with van der Waals surface area (Å²) in [5, 5.41) is 8.10. The molecular weight excluding hydrogens is 382 g/mol. The molecule has 7 heteroatoms. The summed E-state index contributed by atoms with van der Waals surface area (Å²) >= 11 is 1.46. The molecule has 0 aliphatic carbocycles. The third kappa shape index (κ3) is 4.94. The third-order valence-electron chi connectivity index (χ3n) is 4.50.